The van der Waals surface area contributed by atoms with Crippen LogP contribution in [-0.2, 0) is 13.1 Å². The Labute approximate surface area is 109 Å². The highest BCUT2D eigenvalue weighted by Crippen LogP contribution is 2.09. The van der Waals surface area contributed by atoms with Gasteiger partial charge in [-0.05, 0) is 24.1 Å². The van der Waals surface area contributed by atoms with E-state index in [0.29, 0.717) is 18.8 Å². The highest BCUT2D eigenvalue weighted by Gasteiger charge is 2.10. The minimum atomic E-state index is -0.186. The van der Waals surface area contributed by atoms with Crippen LogP contribution < -0.4 is 11.1 Å². The lowest BCUT2D eigenvalue weighted by Gasteiger charge is -2.05. The molecule has 0 aliphatic rings. The third kappa shape index (κ3) is 2.91. The van der Waals surface area contributed by atoms with E-state index in [1.54, 1.807) is 17.8 Å². The molecule has 0 aromatic carbocycles. The molecule has 0 spiro atoms. The summed E-state index contributed by atoms with van der Waals surface area (Å²) in [6, 6.07) is 1.91. The van der Waals surface area contributed by atoms with Crippen LogP contribution in [0.3, 0.4) is 0 Å². The van der Waals surface area contributed by atoms with Crippen LogP contribution in [-0.4, -0.2) is 15.9 Å². The first-order valence-electron chi connectivity index (χ1n) is 5.53. The van der Waals surface area contributed by atoms with Gasteiger partial charge in [-0.15, -0.1) is 11.3 Å². The molecule has 6 heteroatoms. The standard InChI is InChI=1S/C12H14N4OS/c1-8-2-3-14-5-9(8)6-15-12(17)10-7-18-11(4-13)16-10/h2-3,5,7H,4,6,13H2,1H3,(H,15,17). The van der Waals surface area contributed by atoms with Crippen molar-refractivity contribution in [1.29, 1.82) is 0 Å². The fraction of sp³-hybridized carbons (Fsp3) is 0.250. The van der Waals surface area contributed by atoms with E-state index < -0.39 is 0 Å². The molecule has 0 saturated heterocycles. The monoisotopic (exact) mass is 262 g/mol. The maximum atomic E-state index is 11.8. The van der Waals surface area contributed by atoms with Gasteiger partial charge < -0.3 is 11.1 Å². The molecule has 2 heterocycles. The van der Waals surface area contributed by atoms with Crippen LogP contribution in [0.15, 0.2) is 23.8 Å². The molecule has 94 valence electrons. The number of aromatic nitrogens is 2. The summed E-state index contributed by atoms with van der Waals surface area (Å²) in [7, 11) is 0. The van der Waals surface area contributed by atoms with Gasteiger partial charge >= 0.3 is 0 Å². The molecule has 0 fully saturated rings. The second kappa shape index (κ2) is 5.70. The fourth-order valence-electron chi connectivity index (χ4n) is 1.46. The Hall–Kier alpha value is -1.79. The third-order valence-corrected chi connectivity index (χ3v) is 3.42. The van der Waals surface area contributed by atoms with Gasteiger partial charge in [-0.2, -0.15) is 0 Å². The number of hydrogen-bond acceptors (Lipinski definition) is 5. The molecule has 0 radical (unpaired) electrons. The molecular formula is C12H14N4OS. The number of rotatable bonds is 4. The second-order valence-electron chi connectivity index (χ2n) is 3.82. The summed E-state index contributed by atoms with van der Waals surface area (Å²) >= 11 is 1.39. The van der Waals surface area contributed by atoms with Crippen molar-refractivity contribution in [2.45, 2.75) is 20.0 Å². The molecule has 0 saturated carbocycles. The molecule has 0 bridgehead atoms. The number of pyridine rings is 1. The highest BCUT2D eigenvalue weighted by atomic mass is 32.1. The van der Waals surface area contributed by atoms with Gasteiger partial charge in [0.15, 0.2) is 0 Å². The Balaban J connectivity index is 1.98. The number of amides is 1. The summed E-state index contributed by atoms with van der Waals surface area (Å²) in [4.78, 5) is 20.0. The SMILES string of the molecule is Cc1ccncc1CNC(=O)c1csc(CN)n1. The first kappa shape index (κ1) is 12.7. The Kier molecular flexibility index (Phi) is 4.01. The molecular weight excluding hydrogens is 248 g/mol. The van der Waals surface area contributed by atoms with Crippen molar-refractivity contribution in [2.75, 3.05) is 0 Å². The van der Waals surface area contributed by atoms with Gasteiger partial charge in [-0.25, -0.2) is 4.98 Å². The van der Waals surface area contributed by atoms with E-state index in [-0.39, 0.29) is 5.91 Å². The van der Waals surface area contributed by atoms with Crippen molar-refractivity contribution in [3.05, 3.63) is 45.7 Å². The Morgan fingerprint density at radius 3 is 3.06 bits per heavy atom. The summed E-state index contributed by atoms with van der Waals surface area (Å²) < 4.78 is 0. The zero-order chi connectivity index (χ0) is 13.0. The Bertz CT molecular complexity index is 553. The smallest absolute Gasteiger partial charge is 0.271 e. The number of carbonyl (C=O) groups excluding carboxylic acids is 1. The molecule has 0 aliphatic carbocycles. The summed E-state index contributed by atoms with van der Waals surface area (Å²) in [5, 5.41) is 5.30. The van der Waals surface area contributed by atoms with Gasteiger partial charge in [0.2, 0.25) is 0 Å². The number of hydrogen-bond donors (Lipinski definition) is 2. The van der Waals surface area contributed by atoms with Crippen LogP contribution in [0.4, 0.5) is 0 Å². The summed E-state index contributed by atoms with van der Waals surface area (Å²) in [6.07, 6.45) is 3.48. The Morgan fingerprint density at radius 1 is 1.56 bits per heavy atom. The number of nitrogens with zero attached hydrogens (tertiary/aromatic N) is 2. The van der Waals surface area contributed by atoms with E-state index in [2.05, 4.69) is 15.3 Å². The van der Waals surface area contributed by atoms with Crippen molar-refractivity contribution < 1.29 is 4.79 Å². The zero-order valence-electron chi connectivity index (χ0n) is 10.0. The van der Waals surface area contributed by atoms with Crippen molar-refractivity contribution in [3.8, 4) is 0 Å². The van der Waals surface area contributed by atoms with E-state index >= 15 is 0 Å². The molecule has 2 rings (SSSR count). The number of aryl methyl sites for hydroxylation is 1. The van der Waals surface area contributed by atoms with Crippen molar-refractivity contribution in [2.24, 2.45) is 5.73 Å². The van der Waals surface area contributed by atoms with E-state index in [1.807, 2.05) is 13.0 Å². The lowest BCUT2D eigenvalue weighted by molar-refractivity contribution is 0.0946. The van der Waals surface area contributed by atoms with Crippen molar-refractivity contribution in [3.63, 3.8) is 0 Å². The fourth-order valence-corrected chi connectivity index (χ4v) is 2.11. The lowest BCUT2D eigenvalue weighted by atomic mass is 10.1. The summed E-state index contributed by atoms with van der Waals surface area (Å²) in [5.41, 5.74) is 7.98. The van der Waals surface area contributed by atoms with Crippen LogP contribution in [0.25, 0.3) is 0 Å². The number of carbonyl (C=O) groups is 1. The van der Waals surface area contributed by atoms with Gasteiger partial charge in [0.1, 0.15) is 10.7 Å². The van der Waals surface area contributed by atoms with Gasteiger partial charge in [0.25, 0.3) is 5.91 Å². The van der Waals surface area contributed by atoms with Crippen LogP contribution in [0.5, 0.6) is 0 Å². The normalized spacial score (nSPS) is 10.3. The summed E-state index contributed by atoms with van der Waals surface area (Å²) in [6.45, 7) is 2.80. The van der Waals surface area contributed by atoms with Gasteiger partial charge in [0, 0.05) is 30.9 Å². The average molecular weight is 262 g/mol. The second-order valence-corrected chi connectivity index (χ2v) is 4.76. The maximum absolute atomic E-state index is 11.8. The Morgan fingerprint density at radius 2 is 2.39 bits per heavy atom. The van der Waals surface area contributed by atoms with Crippen LogP contribution in [0.1, 0.15) is 26.6 Å². The highest BCUT2D eigenvalue weighted by molar-refractivity contribution is 7.09. The van der Waals surface area contributed by atoms with Crippen molar-refractivity contribution in [1.82, 2.24) is 15.3 Å². The molecule has 18 heavy (non-hydrogen) atoms. The van der Waals surface area contributed by atoms with Gasteiger partial charge in [-0.3, -0.25) is 9.78 Å². The van der Waals surface area contributed by atoms with E-state index in [0.717, 1.165) is 16.1 Å². The number of nitrogens with two attached hydrogens (primary N) is 1. The first-order chi connectivity index (χ1) is 8.70. The maximum Gasteiger partial charge on any atom is 0.271 e. The van der Waals surface area contributed by atoms with Crippen LogP contribution in [0.2, 0.25) is 0 Å². The van der Waals surface area contributed by atoms with E-state index in [4.69, 9.17) is 5.73 Å². The first-order valence-corrected chi connectivity index (χ1v) is 6.41. The molecule has 1 amide bonds. The van der Waals surface area contributed by atoms with Crippen molar-refractivity contribution >= 4 is 17.2 Å². The third-order valence-electron chi connectivity index (χ3n) is 2.55. The van der Waals surface area contributed by atoms with E-state index in [9.17, 15) is 4.79 Å². The largest absolute Gasteiger partial charge is 0.347 e. The van der Waals surface area contributed by atoms with E-state index in [1.165, 1.54) is 11.3 Å². The minimum absolute atomic E-state index is 0.186. The molecule has 2 aromatic heterocycles. The van der Waals surface area contributed by atoms with Gasteiger partial charge in [0.05, 0.1) is 0 Å². The van der Waals surface area contributed by atoms with Crippen LogP contribution >= 0.6 is 11.3 Å². The molecule has 0 aliphatic heterocycles. The summed E-state index contributed by atoms with van der Waals surface area (Å²) in [5.74, 6) is -0.186. The number of nitrogens with one attached hydrogen (secondary N) is 1. The molecule has 2 aromatic rings. The topological polar surface area (TPSA) is 80.9 Å². The number of thiazole rings is 1. The van der Waals surface area contributed by atoms with Gasteiger partial charge in [-0.1, -0.05) is 0 Å². The quantitative estimate of drug-likeness (QED) is 0.868. The average Bonchev–Trinajstić information content (AvgIpc) is 2.86. The predicted octanol–water partition coefficient (Wildman–Crippen LogP) is 1.24. The molecule has 0 atom stereocenters. The predicted molar refractivity (Wildman–Crippen MR) is 70.1 cm³/mol. The van der Waals surface area contributed by atoms with Crippen LogP contribution in [0, 0.1) is 6.92 Å². The zero-order valence-corrected chi connectivity index (χ0v) is 10.8. The molecule has 0 unspecified atom stereocenters. The lowest BCUT2D eigenvalue weighted by Crippen LogP contribution is -2.23. The molecule has 3 N–H and O–H groups in total. The minimum Gasteiger partial charge on any atom is -0.347 e. The molecule has 5 nitrogen and oxygen atoms in total.